The second-order valence-corrected chi connectivity index (χ2v) is 7.23. The summed E-state index contributed by atoms with van der Waals surface area (Å²) in [4.78, 5) is 25.3. The molecule has 2 aromatic rings. The molecule has 1 amide bonds. The number of esters is 1. The van der Waals surface area contributed by atoms with Crippen molar-refractivity contribution in [3.63, 3.8) is 0 Å². The SMILES string of the molecule is CCC[C@@H](C)NC(=O)COC(=O)/C(=C/c1cccc(C)c1)c1cccs1. The predicted octanol–water partition coefficient (Wildman–Crippen LogP) is 4.45. The van der Waals surface area contributed by atoms with Gasteiger partial charge >= 0.3 is 5.97 Å². The maximum Gasteiger partial charge on any atom is 0.340 e. The van der Waals surface area contributed by atoms with Crippen LogP contribution in [0.2, 0.25) is 0 Å². The molecule has 1 N–H and O–H groups in total. The van der Waals surface area contributed by atoms with Crippen molar-refractivity contribution in [1.82, 2.24) is 5.32 Å². The summed E-state index contributed by atoms with van der Waals surface area (Å²) in [6, 6.07) is 11.7. The molecular formula is C21H25NO3S. The maximum atomic E-state index is 12.6. The fourth-order valence-electron chi connectivity index (χ4n) is 2.62. The second kappa shape index (κ2) is 9.92. The fraction of sp³-hybridized carbons (Fsp3) is 0.333. The summed E-state index contributed by atoms with van der Waals surface area (Å²) in [5, 5.41) is 4.74. The first kappa shape index (κ1) is 19.9. The maximum absolute atomic E-state index is 12.6. The van der Waals surface area contributed by atoms with Gasteiger partial charge in [0.2, 0.25) is 0 Å². The molecule has 5 heteroatoms. The number of ether oxygens (including phenoxy) is 1. The van der Waals surface area contributed by atoms with E-state index in [1.807, 2.05) is 55.6 Å². The van der Waals surface area contributed by atoms with E-state index in [1.165, 1.54) is 11.3 Å². The van der Waals surface area contributed by atoms with Crippen LogP contribution in [-0.4, -0.2) is 24.5 Å². The van der Waals surface area contributed by atoms with Gasteiger partial charge in [0.25, 0.3) is 5.91 Å². The number of amides is 1. The highest BCUT2D eigenvalue weighted by Gasteiger charge is 2.17. The highest BCUT2D eigenvalue weighted by Crippen LogP contribution is 2.24. The molecule has 1 atom stereocenters. The zero-order valence-corrected chi connectivity index (χ0v) is 16.3. The number of carbonyl (C=O) groups excluding carboxylic acids is 2. The first-order valence-electron chi connectivity index (χ1n) is 8.78. The van der Waals surface area contributed by atoms with Crippen molar-refractivity contribution in [3.05, 3.63) is 57.8 Å². The van der Waals surface area contributed by atoms with Gasteiger partial charge in [0.05, 0.1) is 5.57 Å². The summed E-state index contributed by atoms with van der Waals surface area (Å²) in [5.74, 6) is -0.771. The lowest BCUT2D eigenvalue weighted by Gasteiger charge is -2.13. The Morgan fingerprint density at radius 2 is 2.08 bits per heavy atom. The van der Waals surface area contributed by atoms with Gasteiger partial charge in [0.1, 0.15) is 0 Å². The van der Waals surface area contributed by atoms with Crippen LogP contribution >= 0.6 is 11.3 Å². The van der Waals surface area contributed by atoms with Crippen LogP contribution in [0.15, 0.2) is 41.8 Å². The Hall–Kier alpha value is -2.40. The highest BCUT2D eigenvalue weighted by atomic mass is 32.1. The summed E-state index contributed by atoms with van der Waals surface area (Å²) < 4.78 is 5.26. The van der Waals surface area contributed by atoms with Gasteiger partial charge in [-0.05, 0) is 43.4 Å². The van der Waals surface area contributed by atoms with Crippen LogP contribution in [-0.2, 0) is 14.3 Å². The van der Waals surface area contributed by atoms with Crippen molar-refractivity contribution in [3.8, 4) is 0 Å². The number of benzene rings is 1. The van der Waals surface area contributed by atoms with Gasteiger partial charge < -0.3 is 10.1 Å². The van der Waals surface area contributed by atoms with Crippen LogP contribution < -0.4 is 5.32 Å². The third-order valence-electron chi connectivity index (χ3n) is 3.82. The summed E-state index contributed by atoms with van der Waals surface area (Å²) >= 11 is 1.46. The van der Waals surface area contributed by atoms with Crippen LogP contribution in [0.3, 0.4) is 0 Å². The molecule has 0 saturated heterocycles. The van der Waals surface area contributed by atoms with Gasteiger partial charge in [-0.2, -0.15) is 0 Å². The molecule has 1 aromatic carbocycles. The molecule has 0 aliphatic carbocycles. The second-order valence-electron chi connectivity index (χ2n) is 6.28. The molecule has 0 aliphatic heterocycles. The fourth-order valence-corrected chi connectivity index (χ4v) is 3.35. The molecule has 0 unspecified atom stereocenters. The molecular weight excluding hydrogens is 346 g/mol. The van der Waals surface area contributed by atoms with Crippen molar-refractivity contribution in [2.45, 2.75) is 39.7 Å². The lowest BCUT2D eigenvalue weighted by atomic mass is 10.1. The van der Waals surface area contributed by atoms with E-state index in [-0.39, 0.29) is 18.6 Å². The van der Waals surface area contributed by atoms with E-state index in [1.54, 1.807) is 6.08 Å². The first-order chi connectivity index (χ1) is 12.5. The largest absolute Gasteiger partial charge is 0.452 e. The summed E-state index contributed by atoms with van der Waals surface area (Å²) in [6.07, 6.45) is 3.69. The smallest absolute Gasteiger partial charge is 0.340 e. The van der Waals surface area contributed by atoms with Crippen LogP contribution in [0.4, 0.5) is 0 Å². The zero-order chi connectivity index (χ0) is 18.9. The Morgan fingerprint density at radius 1 is 1.27 bits per heavy atom. The van der Waals surface area contributed by atoms with E-state index in [0.717, 1.165) is 28.8 Å². The minimum absolute atomic E-state index is 0.0748. The van der Waals surface area contributed by atoms with Crippen LogP contribution in [0, 0.1) is 6.92 Å². The van der Waals surface area contributed by atoms with Gasteiger partial charge in [-0.25, -0.2) is 4.79 Å². The minimum atomic E-state index is -0.493. The molecule has 0 fully saturated rings. The van der Waals surface area contributed by atoms with E-state index in [2.05, 4.69) is 12.2 Å². The third-order valence-corrected chi connectivity index (χ3v) is 4.73. The number of carbonyl (C=O) groups is 2. The number of rotatable bonds is 8. The van der Waals surface area contributed by atoms with Gasteiger partial charge in [-0.3, -0.25) is 4.79 Å². The Balaban J connectivity index is 2.09. The standard InChI is InChI=1S/C21H25NO3S/c1-4-7-16(3)22-20(23)14-25-21(24)18(19-10-6-11-26-19)13-17-9-5-8-15(2)12-17/h5-6,8-13,16H,4,7,14H2,1-3H3,(H,22,23)/b18-13+/t16-/m1/s1. The average Bonchev–Trinajstić information content (AvgIpc) is 3.12. The van der Waals surface area contributed by atoms with E-state index in [9.17, 15) is 9.59 Å². The molecule has 0 aliphatic rings. The van der Waals surface area contributed by atoms with Crippen LogP contribution in [0.25, 0.3) is 11.6 Å². The topological polar surface area (TPSA) is 55.4 Å². The molecule has 2 rings (SSSR count). The Morgan fingerprint density at radius 3 is 2.73 bits per heavy atom. The normalized spacial score (nSPS) is 12.5. The van der Waals surface area contributed by atoms with Crippen molar-refractivity contribution < 1.29 is 14.3 Å². The van der Waals surface area contributed by atoms with Gasteiger partial charge in [-0.15, -0.1) is 11.3 Å². The van der Waals surface area contributed by atoms with Crippen LogP contribution in [0.5, 0.6) is 0 Å². The molecule has 1 aromatic heterocycles. The number of nitrogens with one attached hydrogen (secondary N) is 1. The Bertz CT molecular complexity index is 765. The summed E-state index contributed by atoms with van der Waals surface area (Å²) in [5.41, 5.74) is 2.49. The molecule has 26 heavy (non-hydrogen) atoms. The van der Waals surface area contributed by atoms with Gasteiger partial charge in [0.15, 0.2) is 6.61 Å². The zero-order valence-electron chi connectivity index (χ0n) is 15.5. The molecule has 0 radical (unpaired) electrons. The average molecular weight is 372 g/mol. The van der Waals surface area contributed by atoms with Gasteiger partial charge in [-0.1, -0.05) is 49.2 Å². The minimum Gasteiger partial charge on any atom is -0.452 e. The summed E-state index contributed by atoms with van der Waals surface area (Å²) in [6.45, 7) is 5.73. The number of thiophene rings is 1. The lowest BCUT2D eigenvalue weighted by Crippen LogP contribution is -2.35. The van der Waals surface area contributed by atoms with Crippen molar-refractivity contribution in [2.24, 2.45) is 0 Å². The number of aryl methyl sites for hydroxylation is 1. The lowest BCUT2D eigenvalue weighted by molar-refractivity contribution is -0.143. The molecule has 1 heterocycles. The van der Waals surface area contributed by atoms with Crippen molar-refractivity contribution in [2.75, 3.05) is 6.61 Å². The Kier molecular flexibility index (Phi) is 7.60. The van der Waals surface area contributed by atoms with Gasteiger partial charge in [0, 0.05) is 10.9 Å². The molecule has 138 valence electrons. The number of hydrogen-bond donors (Lipinski definition) is 1. The van der Waals surface area contributed by atoms with Crippen molar-refractivity contribution in [1.29, 1.82) is 0 Å². The quantitative estimate of drug-likeness (QED) is 0.551. The van der Waals surface area contributed by atoms with E-state index < -0.39 is 5.97 Å². The molecule has 0 bridgehead atoms. The van der Waals surface area contributed by atoms with Crippen molar-refractivity contribution >= 4 is 34.9 Å². The monoisotopic (exact) mass is 371 g/mol. The highest BCUT2D eigenvalue weighted by molar-refractivity contribution is 7.11. The van der Waals surface area contributed by atoms with E-state index >= 15 is 0 Å². The predicted molar refractivity (Wildman–Crippen MR) is 107 cm³/mol. The molecule has 0 saturated carbocycles. The molecule has 0 spiro atoms. The molecule has 4 nitrogen and oxygen atoms in total. The summed E-state index contributed by atoms with van der Waals surface area (Å²) in [7, 11) is 0. The van der Waals surface area contributed by atoms with Crippen LogP contribution in [0.1, 0.15) is 42.7 Å². The van der Waals surface area contributed by atoms with E-state index in [0.29, 0.717) is 5.57 Å². The van der Waals surface area contributed by atoms with E-state index in [4.69, 9.17) is 4.74 Å². The third kappa shape index (κ3) is 6.15. The number of hydrogen-bond acceptors (Lipinski definition) is 4. The Labute approximate surface area is 158 Å². The first-order valence-corrected chi connectivity index (χ1v) is 9.66.